The summed E-state index contributed by atoms with van der Waals surface area (Å²) < 4.78 is 0. The van der Waals surface area contributed by atoms with E-state index in [1.807, 2.05) is 17.5 Å². The second kappa shape index (κ2) is 6.13. The molecule has 1 aliphatic carbocycles. The molecule has 134 valence electrons. The Bertz CT molecular complexity index is 770. The first-order valence-corrected chi connectivity index (χ1v) is 10.6. The van der Waals surface area contributed by atoms with Gasteiger partial charge < -0.3 is 4.90 Å². The summed E-state index contributed by atoms with van der Waals surface area (Å²) >= 11 is 3.05. The smallest absolute Gasteiger partial charge is 0.233 e. The summed E-state index contributed by atoms with van der Waals surface area (Å²) in [6.07, 6.45) is 3.47. The van der Waals surface area contributed by atoms with Gasteiger partial charge >= 0.3 is 0 Å². The monoisotopic (exact) mass is 376 g/mol. The van der Waals surface area contributed by atoms with Gasteiger partial charge in [-0.2, -0.15) is 0 Å². The number of carbonyl (C=O) groups excluding carboxylic acids is 1. The molecule has 4 rings (SSSR count). The molecule has 2 unspecified atom stereocenters. The Labute approximate surface area is 156 Å². The number of thioether (sulfide) groups is 1. The van der Waals surface area contributed by atoms with E-state index in [9.17, 15) is 4.79 Å². The summed E-state index contributed by atoms with van der Waals surface area (Å²) in [5.41, 5.74) is 0.614. The number of thiophene rings is 1. The summed E-state index contributed by atoms with van der Waals surface area (Å²) in [5.74, 6) is 1.41. The number of aromatic nitrogens is 3. The van der Waals surface area contributed by atoms with Gasteiger partial charge in [0.1, 0.15) is 0 Å². The van der Waals surface area contributed by atoms with E-state index >= 15 is 0 Å². The van der Waals surface area contributed by atoms with E-state index < -0.39 is 0 Å². The van der Waals surface area contributed by atoms with Crippen LogP contribution in [0.4, 0.5) is 0 Å². The minimum Gasteiger partial charge on any atom is -0.338 e. The lowest BCUT2D eigenvalue weighted by Gasteiger charge is -2.39. The Balaban J connectivity index is 1.38. The molecule has 25 heavy (non-hydrogen) atoms. The maximum Gasteiger partial charge on any atom is 0.233 e. The van der Waals surface area contributed by atoms with Crippen molar-refractivity contribution in [1.29, 1.82) is 0 Å². The summed E-state index contributed by atoms with van der Waals surface area (Å²) in [4.78, 5) is 20.5. The van der Waals surface area contributed by atoms with Gasteiger partial charge in [-0.15, -0.1) is 16.4 Å². The predicted molar refractivity (Wildman–Crippen MR) is 102 cm³/mol. The summed E-state index contributed by atoms with van der Waals surface area (Å²) in [7, 11) is 0. The zero-order valence-corrected chi connectivity index (χ0v) is 16.5. The normalized spacial score (nSPS) is 27.6. The molecular weight excluding hydrogens is 352 g/mol. The average molecular weight is 377 g/mol. The van der Waals surface area contributed by atoms with Crippen molar-refractivity contribution in [3.05, 3.63) is 17.5 Å². The number of hydrogen-bond donors (Lipinski definition) is 1. The van der Waals surface area contributed by atoms with Crippen molar-refractivity contribution in [1.82, 2.24) is 20.1 Å². The van der Waals surface area contributed by atoms with E-state index in [4.69, 9.17) is 0 Å². The second-order valence-corrected chi connectivity index (χ2v) is 10.4. The van der Waals surface area contributed by atoms with Crippen molar-refractivity contribution in [3.8, 4) is 10.7 Å². The molecule has 2 aliphatic rings. The second-order valence-electron chi connectivity index (χ2n) is 8.47. The van der Waals surface area contributed by atoms with Crippen LogP contribution >= 0.6 is 23.1 Å². The van der Waals surface area contributed by atoms with Crippen LogP contribution in [0.1, 0.15) is 40.0 Å². The molecule has 0 aromatic carbocycles. The third-order valence-corrected chi connectivity index (χ3v) is 6.99. The Morgan fingerprint density at radius 2 is 2.28 bits per heavy atom. The quantitative estimate of drug-likeness (QED) is 0.818. The number of hydrogen-bond acceptors (Lipinski definition) is 5. The lowest BCUT2D eigenvalue weighted by Crippen LogP contribution is -2.38. The standard InChI is InChI=1S/C18H24N4OS2/c1-17(2)7-12-8-18(3,10-17)11-22(12)14(23)9-25-16-19-15(20-21-16)13-5-4-6-24-13/h4-6,12H,7-11H2,1-3H3,(H,19,20,21). The van der Waals surface area contributed by atoms with Crippen molar-refractivity contribution in [2.24, 2.45) is 10.8 Å². The van der Waals surface area contributed by atoms with Gasteiger partial charge in [-0.25, -0.2) is 4.98 Å². The number of nitrogens with one attached hydrogen (secondary N) is 1. The lowest BCUT2D eigenvalue weighted by molar-refractivity contribution is -0.129. The predicted octanol–water partition coefficient (Wildman–Crippen LogP) is 4.05. The van der Waals surface area contributed by atoms with Crippen LogP contribution in [0.15, 0.2) is 22.7 Å². The molecule has 1 saturated carbocycles. The molecule has 7 heteroatoms. The van der Waals surface area contributed by atoms with E-state index in [-0.39, 0.29) is 11.3 Å². The zero-order chi connectivity index (χ0) is 17.7. The molecule has 2 atom stereocenters. The van der Waals surface area contributed by atoms with E-state index in [2.05, 4.69) is 40.9 Å². The van der Waals surface area contributed by atoms with Crippen LogP contribution in [0.3, 0.4) is 0 Å². The third-order valence-electron chi connectivity index (χ3n) is 5.28. The summed E-state index contributed by atoms with van der Waals surface area (Å²) in [5, 5.41) is 9.86. The number of likely N-dealkylation sites (tertiary alicyclic amines) is 1. The Morgan fingerprint density at radius 1 is 1.44 bits per heavy atom. The molecule has 2 aromatic rings. The molecule has 1 amide bonds. The molecule has 5 nitrogen and oxygen atoms in total. The van der Waals surface area contributed by atoms with Crippen LogP contribution in [-0.2, 0) is 4.79 Å². The van der Waals surface area contributed by atoms with Crippen LogP contribution in [0.5, 0.6) is 0 Å². The number of amides is 1. The van der Waals surface area contributed by atoms with Crippen molar-refractivity contribution in [2.75, 3.05) is 12.3 Å². The fraction of sp³-hybridized carbons (Fsp3) is 0.611. The molecular formula is C18H24N4OS2. The number of nitrogens with zero attached hydrogens (tertiary/aromatic N) is 3. The molecule has 1 saturated heterocycles. The Hall–Kier alpha value is -1.34. The van der Waals surface area contributed by atoms with Crippen LogP contribution in [0.2, 0.25) is 0 Å². The van der Waals surface area contributed by atoms with Gasteiger partial charge in [0, 0.05) is 12.6 Å². The maximum atomic E-state index is 12.8. The highest BCUT2D eigenvalue weighted by Crippen LogP contribution is 2.52. The highest BCUT2D eigenvalue weighted by Gasteiger charge is 2.50. The molecule has 0 radical (unpaired) electrons. The average Bonchev–Trinajstić information content (AvgIpc) is 3.22. The van der Waals surface area contributed by atoms with E-state index in [1.54, 1.807) is 11.3 Å². The first-order chi connectivity index (χ1) is 11.8. The van der Waals surface area contributed by atoms with Crippen molar-refractivity contribution >= 4 is 29.0 Å². The fourth-order valence-corrected chi connectivity index (χ4v) is 6.14. The van der Waals surface area contributed by atoms with E-state index in [0.29, 0.717) is 22.4 Å². The fourth-order valence-electron chi connectivity index (χ4n) is 4.80. The Morgan fingerprint density at radius 3 is 3.04 bits per heavy atom. The zero-order valence-electron chi connectivity index (χ0n) is 14.9. The largest absolute Gasteiger partial charge is 0.338 e. The van der Waals surface area contributed by atoms with Crippen molar-refractivity contribution in [3.63, 3.8) is 0 Å². The van der Waals surface area contributed by atoms with Gasteiger partial charge in [0.25, 0.3) is 0 Å². The first-order valence-electron chi connectivity index (χ1n) is 8.72. The number of fused-ring (bicyclic) bond motifs is 2. The third kappa shape index (κ3) is 3.49. The SMILES string of the molecule is CC1(C)CC2CC(C)(CN2C(=O)CSc2n[nH]c(-c3cccs3)n2)C1. The number of H-pyrrole nitrogens is 1. The van der Waals surface area contributed by atoms with Gasteiger partial charge in [-0.05, 0) is 41.5 Å². The summed E-state index contributed by atoms with van der Waals surface area (Å²) in [6, 6.07) is 4.40. The first kappa shape index (κ1) is 17.1. The maximum absolute atomic E-state index is 12.8. The van der Waals surface area contributed by atoms with Crippen LogP contribution in [0, 0.1) is 10.8 Å². The van der Waals surface area contributed by atoms with Gasteiger partial charge in [0.2, 0.25) is 11.1 Å². The minimum absolute atomic E-state index is 0.221. The van der Waals surface area contributed by atoms with Gasteiger partial charge in [-0.3, -0.25) is 9.89 Å². The molecule has 2 bridgehead atoms. The molecule has 1 N–H and O–H groups in total. The molecule has 2 fully saturated rings. The minimum atomic E-state index is 0.221. The number of aromatic amines is 1. The van der Waals surface area contributed by atoms with Crippen LogP contribution in [-0.4, -0.2) is 44.3 Å². The molecule has 0 spiro atoms. The Kier molecular flexibility index (Phi) is 4.19. The van der Waals surface area contributed by atoms with Crippen molar-refractivity contribution < 1.29 is 4.79 Å². The van der Waals surface area contributed by atoms with Gasteiger partial charge in [-0.1, -0.05) is 38.6 Å². The summed E-state index contributed by atoms with van der Waals surface area (Å²) in [6.45, 7) is 7.90. The lowest BCUT2D eigenvalue weighted by atomic mass is 9.65. The molecule has 3 heterocycles. The number of carbonyl (C=O) groups is 1. The van der Waals surface area contributed by atoms with E-state index in [0.717, 1.165) is 30.1 Å². The topological polar surface area (TPSA) is 61.9 Å². The van der Waals surface area contributed by atoms with E-state index in [1.165, 1.54) is 18.2 Å². The van der Waals surface area contributed by atoms with Crippen molar-refractivity contribution in [2.45, 2.75) is 51.2 Å². The number of rotatable bonds is 4. The highest BCUT2D eigenvalue weighted by molar-refractivity contribution is 7.99. The molecule has 1 aliphatic heterocycles. The van der Waals surface area contributed by atoms with Crippen LogP contribution < -0.4 is 0 Å². The highest BCUT2D eigenvalue weighted by atomic mass is 32.2. The van der Waals surface area contributed by atoms with Crippen LogP contribution in [0.25, 0.3) is 10.7 Å². The van der Waals surface area contributed by atoms with Gasteiger partial charge in [0.05, 0.1) is 10.6 Å². The van der Waals surface area contributed by atoms with Gasteiger partial charge in [0.15, 0.2) is 5.82 Å². The molecule has 2 aromatic heterocycles.